The maximum absolute atomic E-state index is 13.2. The van der Waals surface area contributed by atoms with Crippen LogP contribution < -0.4 is 21.3 Å². The van der Waals surface area contributed by atoms with E-state index in [1.807, 2.05) is 6.07 Å². The molecule has 3 aromatic heterocycles. The van der Waals surface area contributed by atoms with E-state index in [0.29, 0.717) is 24.9 Å². The van der Waals surface area contributed by atoms with Crippen molar-refractivity contribution in [1.82, 2.24) is 35.7 Å². The molecule has 46 heavy (non-hydrogen) atoms. The molecular formula is C28H32ClF6N11. The number of halogens is 7. The van der Waals surface area contributed by atoms with Crippen molar-refractivity contribution < 1.29 is 26.3 Å². The van der Waals surface area contributed by atoms with Gasteiger partial charge in [0.25, 0.3) is 0 Å². The Balaban J connectivity index is 0.000000222. The van der Waals surface area contributed by atoms with Gasteiger partial charge >= 0.3 is 12.4 Å². The lowest BCUT2D eigenvalue weighted by Crippen LogP contribution is -2.31. The van der Waals surface area contributed by atoms with E-state index in [9.17, 15) is 26.3 Å². The summed E-state index contributed by atoms with van der Waals surface area (Å²) in [4.78, 5) is 7.79. The van der Waals surface area contributed by atoms with Crippen LogP contribution >= 0.6 is 11.6 Å². The number of alkyl halides is 6. The predicted molar refractivity (Wildman–Crippen MR) is 158 cm³/mol. The molecule has 3 aromatic rings. The summed E-state index contributed by atoms with van der Waals surface area (Å²) >= 11 is 5.61. The zero-order valence-electron chi connectivity index (χ0n) is 24.5. The third-order valence-corrected chi connectivity index (χ3v) is 7.65. The summed E-state index contributed by atoms with van der Waals surface area (Å²) in [5.41, 5.74) is -2.16. The molecule has 248 valence electrons. The Morgan fingerprint density at radius 2 is 1.35 bits per heavy atom. The van der Waals surface area contributed by atoms with E-state index in [0.717, 1.165) is 51.6 Å². The van der Waals surface area contributed by atoms with Crippen molar-refractivity contribution in [2.24, 2.45) is 11.8 Å². The van der Waals surface area contributed by atoms with Crippen molar-refractivity contribution in [1.29, 1.82) is 5.26 Å². The van der Waals surface area contributed by atoms with E-state index in [2.05, 4.69) is 51.6 Å². The standard InChI is InChI=1S/C16H17F3N8.C12H15ClF3N3/c17-16(18,19)15-12(23-7-10-1-3-21-4-2-10)5-13(26-27-15)25-14-9-22-11(6-20)8-24-14;13-10-6-9(11(19-18-10)12(14,15)16)17-7-8-4-2-1-3-5-8/h5,8-10,21H,1-4,7H2,(H2,23,24,25,26);6,8H,1-5,7H2,(H,17,18). The van der Waals surface area contributed by atoms with E-state index < -0.39 is 23.7 Å². The SMILES string of the molecule is FC(F)(F)c1nnc(Cl)cc1NCC1CCCCC1.N#Cc1cnc(Nc2cc(NCC3CCNCC3)c(C(F)(F)F)nn2)cn1. The van der Waals surface area contributed by atoms with Gasteiger partial charge in [0.2, 0.25) is 0 Å². The Kier molecular flexibility index (Phi) is 12.1. The number of anilines is 4. The van der Waals surface area contributed by atoms with Gasteiger partial charge < -0.3 is 21.3 Å². The topological polar surface area (TPSA) is 149 Å². The van der Waals surface area contributed by atoms with Crippen LogP contribution in [0.2, 0.25) is 5.15 Å². The van der Waals surface area contributed by atoms with E-state index in [1.165, 1.54) is 30.9 Å². The second-order valence-electron chi connectivity index (χ2n) is 10.9. The highest BCUT2D eigenvalue weighted by molar-refractivity contribution is 6.29. The highest BCUT2D eigenvalue weighted by Crippen LogP contribution is 2.35. The van der Waals surface area contributed by atoms with Gasteiger partial charge in [-0.05, 0) is 50.6 Å². The first-order valence-electron chi connectivity index (χ1n) is 14.7. The first-order valence-corrected chi connectivity index (χ1v) is 15.0. The van der Waals surface area contributed by atoms with Crippen LogP contribution in [0.5, 0.6) is 0 Å². The molecule has 1 saturated heterocycles. The molecule has 0 amide bonds. The van der Waals surface area contributed by atoms with E-state index >= 15 is 0 Å². The molecule has 1 saturated carbocycles. The molecule has 11 nitrogen and oxygen atoms in total. The molecule has 0 radical (unpaired) electrons. The Morgan fingerprint density at radius 3 is 1.91 bits per heavy atom. The number of nitrogens with one attached hydrogen (secondary N) is 4. The third kappa shape index (κ3) is 10.5. The van der Waals surface area contributed by atoms with Gasteiger partial charge in [-0.2, -0.15) is 31.6 Å². The fourth-order valence-electron chi connectivity index (χ4n) is 5.08. The van der Waals surface area contributed by atoms with Crippen LogP contribution in [-0.4, -0.2) is 56.5 Å². The van der Waals surface area contributed by atoms with Crippen LogP contribution in [0.15, 0.2) is 24.5 Å². The first-order chi connectivity index (χ1) is 21.9. The number of hydrogen-bond donors (Lipinski definition) is 4. The Labute approximate surface area is 266 Å². The molecule has 1 aliphatic carbocycles. The maximum atomic E-state index is 13.2. The summed E-state index contributed by atoms with van der Waals surface area (Å²) < 4.78 is 78.0. The van der Waals surface area contributed by atoms with Gasteiger partial charge in [0.05, 0.1) is 23.8 Å². The molecule has 5 rings (SSSR count). The normalized spacial score (nSPS) is 16.1. The summed E-state index contributed by atoms with van der Waals surface area (Å²) in [6.45, 7) is 2.66. The van der Waals surface area contributed by atoms with Gasteiger partial charge in [0.1, 0.15) is 11.9 Å². The number of nitriles is 1. The average Bonchev–Trinajstić information content (AvgIpc) is 3.03. The zero-order valence-corrected chi connectivity index (χ0v) is 25.3. The average molecular weight is 672 g/mol. The number of nitrogens with zero attached hydrogens (tertiary/aromatic N) is 7. The van der Waals surface area contributed by atoms with Crippen LogP contribution in [-0.2, 0) is 12.4 Å². The summed E-state index contributed by atoms with van der Waals surface area (Å²) in [6.07, 6.45) is 0.826. The molecule has 2 aliphatic rings. The molecule has 0 unspecified atom stereocenters. The molecule has 0 aromatic carbocycles. The van der Waals surface area contributed by atoms with Crippen LogP contribution in [0.4, 0.5) is 49.4 Å². The summed E-state index contributed by atoms with van der Waals surface area (Å²) in [5.74, 6) is 1.05. The molecule has 0 bridgehead atoms. The summed E-state index contributed by atoms with van der Waals surface area (Å²) in [7, 11) is 0. The van der Waals surface area contributed by atoms with Crippen molar-refractivity contribution in [3.05, 3.63) is 46.8 Å². The van der Waals surface area contributed by atoms with Crippen molar-refractivity contribution in [2.45, 2.75) is 57.3 Å². The lowest BCUT2D eigenvalue weighted by molar-refractivity contribution is -0.141. The quantitative estimate of drug-likeness (QED) is 0.196. The molecular weight excluding hydrogens is 640 g/mol. The summed E-state index contributed by atoms with van der Waals surface area (Å²) in [6, 6.07) is 4.26. The van der Waals surface area contributed by atoms with Crippen LogP contribution in [0.3, 0.4) is 0 Å². The largest absolute Gasteiger partial charge is 0.437 e. The zero-order chi connectivity index (χ0) is 33.2. The molecule has 0 atom stereocenters. The van der Waals surface area contributed by atoms with Crippen molar-refractivity contribution in [3.8, 4) is 6.07 Å². The summed E-state index contributed by atoms with van der Waals surface area (Å²) in [5, 5.41) is 33.6. The van der Waals surface area contributed by atoms with Crippen LogP contribution in [0, 0.1) is 23.2 Å². The van der Waals surface area contributed by atoms with Gasteiger partial charge in [0.15, 0.2) is 28.1 Å². The molecule has 1 aliphatic heterocycles. The van der Waals surface area contributed by atoms with Gasteiger partial charge in [-0.25, -0.2) is 9.97 Å². The number of rotatable bonds is 8. The highest BCUT2D eigenvalue weighted by atomic mass is 35.5. The monoisotopic (exact) mass is 671 g/mol. The van der Waals surface area contributed by atoms with E-state index in [1.54, 1.807) is 0 Å². The van der Waals surface area contributed by atoms with Gasteiger partial charge in [-0.15, -0.1) is 20.4 Å². The second-order valence-corrected chi connectivity index (χ2v) is 11.3. The highest BCUT2D eigenvalue weighted by Gasteiger charge is 2.37. The minimum Gasteiger partial charge on any atom is -0.383 e. The van der Waals surface area contributed by atoms with Crippen molar-refractivity contribution in [2.75, 3.05) is 42.1 Å². The minimum atomic E-state index is -4.61. The lowest BCUT2D eigenvalue weighted by atomic mass is 9.89. The molecule has 4 heterocycles. The Morgan fingerprint density at radius 1 is 0.761 bits per heavy atom. The molecule has 2 fully saturated rings. The second kappa shape index (κ2) is 16.0. The molecule has 18 heteroatoms. The van der Waals surface area contributed by atoms with Gasteiger partial charge in [-0.3, -0.25) is 0 Å². The smallest absolute Gasteiger partial charge is 0.383 e. The number of hydrogen-bond acceptors (Lipinski definition) is 11. The lowest BCUT2D eigenvalue weighted by Gasteiger charge is -2.24. The van der Waals surface area contributed by atoms with Crippen LogP contribution in [0.25, 0.3) is 0 Å². The number of aromatic nitrogens is 6. The maximum Gasteiger partial charge on any atom is 0.437 e. The first kappa shape index (κ1) is 34.8. The van der Waals surface area contributed by atoms with Crippen molar-refractivity contribution >= 4 is 34.6 Å². The van der Waals surface area contributed by atoms with E-state index in [-0.39, 0.29) is 33.9 Å². The Hall–Kier alpha value is -4.04. The predicted octanol–water partition coefficient (Wildman–Crippen LogP) is 6.45. The fraction of sp³-hybridized carbons (Fsp3) is 0.536. The van der Waals surface area contributed by atoms with Gasteiger partial charge in [0, 0.05) is 25.2 Å². The minimum absolute atomic E-state index is 0.0425. The van der Waals surface area contributed by atoms with Crippen LogP contribution in [0.1, 0.15) is 62.0 Å². The Bertz CT molecular complexity index is 1450. The third-order valence-electron chi connectivity index (χ3n) is 7.46. The molecule has 4 N–H and O–H groups in total. The fourth-order valence-corrected chi connectivity index (χ4v) is 5.22. The van der Waals surface area contributed by atoms with Gasteiger partial charge in [-0.1, -0.05) is 30.9 Å². The van der Waals surface area contributed by atoms with Crippen molar-refractivity contribution in [3.63, 3.8) is 0 Å². The number of piperidine rings is 1. The molecule has 0 spiro atoms. The van der Waals surface area contributed by atoms with E-state index in [4.69, 9.17) is 16.9 Å².